The van der Waals surface area contributed by atoms with Crippen molar-refractivity contribution in [2.45, 2.75) is 39.3 Å². The van der Waals surface area contributed by atoms with Gasteiger partial charge in [0.05, 0.1) is 11.3 Å². The standard InChI is InChI=1S/C17H20ClN3O2/c1-2-3-16-19-15-6-7-21(10-13(15)17(23)20-16)9-11-4-5-12(22)8-14(11)18/h4-5,8,22H,2-3,6-7,9-10H2,1H3,(H,19,20,23). The first-order valence-corrected chi connectivity index (χ1v) is 8.25. The molecule has 2 heterocycles. The van der Waals surface area contributed by atoms with Crippen molar-refractivity contribution in [2.75, 3.05) is 6.54 Å². The average Bonchev–Trinajstić information content (AvgIpc) is 2.51. The van der Waals surface area contributed by atoms with Crippen LogP contribution in [0, 0.1) is 0 Å². The normalized spacial score (nSPS) is 14.7. The zero-order valence-corrected chi connectivity index (χ0v) is 13.9. The van der Waals surface area contributed by atoms with E-state index in [0.29, 0.717) is 18.1 Å². The second kappa shape index (κ2) is 6.72. The number of phenolic OH excluding ortho intramolecular Hbond substituents is 1. The second-order valence-corrected chi connectivity index (χ2v) is 6.33. The molecule has 0 aliphatic carbocycles. The lowest BCUT2D eigenvalue weighted by molar-refractivity contribution is 0.241. The monoisotopic (exact) mass is 333 g/mol. The van der Waals surface area contributed by atoms with Crippen LogP contribution in [0.4, 0.5) is 0 Å². The molecule has 0 amide bonds. The van der Waals surface area contributed by atoms with Crippen molar-refractivity contribution in [2.24, 2.45) is 0 Å². The molecule has 0 bridgehead atoms. The third kappa shape index (κ3) is 3.57. The molecule has 2 N–H and O–H groups in total. The molecule has 0 unspecified atom stereocenters. The molecule has 1 aromatic carbocycles. The summed E-state index contributed by atoms with van der Waals surface area (Å²) in [5.74, 6) is 0.943. The third-order valence-electron chi connectivity index (χ3n) is 4.11. The first kappa shape index (κ1) is 16.0. The van der Waals surface area contributed by atoms with Crippen LogP contribution in [0.1, 0.15) is 36.0 Å². The molecule has 1 aliphatic rings. The number of aryl methyl sites for hydroxylation is 1. The van der Waals surface area contributed by atoms with Crippen LogP contribution in [0.2, 0.25) is 5.02 Å². The maximum atomic E-state index is 12.3. The minimum Gasteiger partial charge on any atom is -0.508 e. The maximum absolute atomic E-state index is 12.3. The van der Waals surface area contributed by atoms with Crippen molar-refractivity contribution < 1.29 is 5.11 Å². The van der Waals surface area contributed by atoms with Crippen molar-refractivity contribution in [3.63, 3.8) is 0 Å². The van der Waals surface area contributed by atoms with Crippen LogP contribution in [-0.2, 0) is 25.9 Å². The highest BCUT2D eigenvalue weighted by Gasteiger charge is 2.21. The van der Waals surface area contributed by atoms with Gasteiger partial charge in [0.15, 0.2) is 0 Å². The molecule has 23 heavy (non-hydrogen) atoms. The molecule has 0 atom stereocenters. The summed E-state index contributed by atoms with van der Waals surface area (Å²) < 4.78 is 0. The van der Waals surface area contributed by atoms with Crippen LogP contribution >= 0.6 is 11.6 Å². The van der Waals surface area contributed by atoms with Crippen molar-refractivity contribution in [1.82, 2.24) is 14.9 Å². The molecular formula is C17H20ClN3O2. The second-order valence-electron chi connectivity index (χ2n) is 5.92. The maximum Gasteiger partial charge on any atom is 0.255 e. The number of nitrogens with one attached hydrogen (secondary N) is 1. The first-order valence-electron chi connectivity index (χ1n) is 7.87. The number of hydrogen-bond donors (Lipinski definition) is 2. The van der Waals surface area contributed by atoms with Crippen molar-refractivity contribution >= 4 is 11.6 Å². The van der Waals surface area contributed by atoms with Crippen molar-refractivity contribution in [3.05, 3.63) is 56.2 Å². The van der Waals surface area contributed by atoms with Gasteiger partial charge in [-0.3, -0.25) is 9.69 Å². The number of rotatable bonds is 4. The van der Waals surface area contributed by atoms with Gasteiger partial charge in [0.25, 0.3) is 5.56 Å². The van der Waals surface area contributed by atoms with Crippen LogP contribution in [-0.4, -0.2) is 26.5 Å². The number of benzene rings is 1. The number of fused-ring (bicyclic) bond motifs is 1. The summed E-state index contributed by atoms with van der Waals surface area (Å²) in [6, 6.07) is 4.99. The van der Waals surface area contributed by atoms with Gasteiger partial charge in [-0.15, -0.1) is 0 Å². The predicted octanol–water partition coefficient (Wildman–Crippen LogP) is 2.64. The predicted molar refractivity (Wildman–Crippen MR) is 89.8 cm³/mol. The number of aromatic nitrogens is 2. The number of aromatic amines is 1. The van der Waals surface area contributed by atoms with Crippen LogP contribution in [0.3, 0.4) is 0 Å². The Morgan fingerprint density at radius 2 is 2.26 bits per heavy atom. The smallest absolute Gasteiger partial charge is 0.255 e. The lowest BCUT2D eigenvalue weighted by atomic mass is 10.1. The zero-order valence-electron chi connectivity index (χ0n) is 13.1. The van der Waals surface area contributed by atoms with Gasteiger partial charge in [-0.25, -0.2) is 4.98 Å². The molecule has 3 rings (SSSR count). The van der Waals surface area contributed by atoms with Gasteiger partial charge in [-0.05, 0) is 24.1 Å². The Morgan fingerprint density at radius 1 is 1.43 bits per heavy atom. The van der Waals surface area contributed by atoms with Gasteiger partial charge in [-0.2, -0.15) is 0 Å². The Morgan fingerprint density at radius 3 is 3.00 bits per heavy atom. The number of H-pyrrole nitrogens is 1. The van der Waals surface area contributed by atoms with Gasteiger partial charge in [-0.1, -0.05) is 24.6 Å². The summed E-state index contributed by atoms with van der Waals surface area (Å²) in [4.78, 5) is 21.9. The SMILES string of the molecule is CCCc1nc2c(c(=O)[nH]1)CN(Cc1ccc(O)cc1Cl)CC2. The fourth-order valence-electron chi connectivity index (χ4n) is 2.93. The summed E-state index contributed by atoms with van der Waals surface area (Å²) in [6.07, 6.45) is 2.54. The molecule has 1 aromatic heterocycles. The van der Waals surface area contributed by atoms with E-state index in [9.17, 15) is 9.90 Å². The fraction of sp³-hybridized carbons (Fsp3) is 0.412. The largest absolute Gasteiger partial charge is 0.508 e. The highest BCUT2D eigenvalue weighted by Crippen LogP contribution is 2.24. The molecule has 1 aliphatic heterocycles. The van der Waals surface area contributed by atoms with E-state index >= 15 is 0 Å². The summed E-state index contributed by atoms with van der Waals surface area (Å²) in [5, 5.41) is 9.97. The van der Waals surface area contributed by atoms with Gasteiger partial charge >= 0.3 is 0 Å². The topological polar surface area (TPSA) is 69.2 Å². The Hall–Kier alpha value is -1.85. The van der Waals surface area contributed by atoms with Crippen molar-refractivity contribution in [3.8, 4) is 5.75 Å². The molecule has 6 heteroatoms. The van der Waals surface area contributed by atoms with Gasteiger partial charge < -0.3 is 10.1 Å². The van der Waals surface area contributed by atoms with Crippen LogP contribution in [0.5, 0.6) is 5.75 Å². The molecule has 0 saturated heterocycles. The number of nitrogens with zero attached hydrogens (tertiary/aromatic N) is 2. The van der Waals surface area contributed by atoms with E-state index in [1.807, 2.05) is 6.07 Å². The van der Waals surface area contributed by atoms with Gasteiger partial charge in [0, 0.05) is 37.5 Å². The number of aromatic hydroxyl groups is 1. The van der Waals surface area contributed by atoms with E-state index in [-0.39, 0.29) is 11.3 Å². The lowest BCUT2D eigenvalue weighted by Gasteiger charge is -2.28. The summed E-state index contributed by atoms with van der Waals surface area (Å²) in [5.41, 5.74) is 2.59. The minimum absolute atomic E-state index is 0.0278. The Labute approximate surface area is 139 Å². The molecule has 0 spiro atoms. The number of halogens is 1. The molecule has 0 saturated carbocycles. The van der Waals surface area contributed by atoms with Crippen LogP contribution in [0.15, 0.2) is 23.0 Å². The van der Waals surface area contributed by atoms with Gasteiger partial charge in [0.2, 0.25) is 0 Å². The Kier molecular flexibility index (Phi) is 4.68. The summed E-state index contributed by atoms with van der Waals surface area (Å²) in [6.45, 7) is 4.13. The van der Waals surface area contributed by atoms with E-state index in [2.05, 4.69) is 21.8 Å². The third-order valence-corrected chi connectivity index (χ3v) is 4.47. The summed E-state index contributed by atoms with van der Waals surface area (Å²) >= 11 is 6.17. The van der Waals surface area contributed by atoms with E-state index in [4.69, 9.17) is 11.6 Å². The molecule has 122 valence electrons. The quantitative estimate of drug-likeness (QED) is 0.902. The van der Waals surface area contributed by atoms with E-state index in [0.717, 1.165) is 48.5 Å². The number of phenols is 1. The average molecular weight is 334 g/mol. The Bertz CT molecular complexity index is 773. The summed E-state index contributed by atoms with van der Waals surface area (Å²) in [7, 11) is 0. The molecule has 0 radical (unpaired) electrons. The number of hydrogen-bond acceptors (Lipinski definition) is 4. The van der Waals surface area contributed by atoms with E-state index in [1.165, 1.54) is 0 Å². The van der Waals surface area contributed by atoms with Gasteiger partial charge in [0.1, 0.15) is 11.6 Å². The highest BCUT2D eigenvalue weighted by atomic mass is 35.5. The molecular weight excluding hydrogens is 314 g/mol. The highest BCUT2D eigenvalue weighted by molar-refractivity contribution is 6.31. The molecule has 2 aromatic rings. The molecule has 0 fully saturated rings. The molecule has 5 nitrogen and oxygen atoms in total. The van der Waals surface area contributed by atoms with Crippen LogP contribution in [0.25, 0.3) is 0 Å². The van der Waals surface area contributed by atoms with Crippen molar-refractivity contribution in [1.29, 1.82) is 0 Å². The van der Waals surface area contributed by atoms with E-state index in [1.54, 1.807) is 12.1 Å². The Balaban J connectivity index is 1.79. The first-order chi connectivity index (χ1) is 11.1. The fourth-order valence-corrected chi connectivity index (χ4v) is 3.16. The lowest BCUT2D eigenvalue weighted by Crippen LogP contribution is -2.35. The minimum atomic E-state index is -0.0278. The zero-order chi connectivity index (χ0) is 16.4. The van der Waals surface area contributed by atoms with Crippen LogP contribution < -0.4 is 5.56 Å². The van der Waals surface area contributed by atoms with E-state index < -0.39 is 0 Å².